The molecule has 0 spiro atoms. The highest BCUT2D eigenvalue weighted by Crippen LogP contribution is 2.19. The molecule has 0 aromatic heterocycles. The Bertz CT molecular complexity index is 798. The predicted octanol–water partition coefficient (Wildman–Crippen LogP) is 2.77. The number of nitrogens with zero attached hydrogens (tertiary/aromatic N) is 2. The standard InChI is InChI=1S/C16H20BrN3O3S/c1-11-15(12(2)19-24(22,23)18-11)8-9-16(21)20(3)10-13-4-6-14(17)7-5-13/h4-7,18H,8-10H2,1-3H3. The van der Waals surface area contributed by atoms with Gasteiger partial charge in [-0.1, -0.05) is 28.1 Å². The number of carbonyl (C=O) groups is 1. The van der Waals surface area contributed by atoms with Gasteiger partial charge in [-0.15, -0.1) is 4.40 Å². The van der Waals surface area contributed by atoms with E-state index in [-0.39, 0.29) is 5.91 Å². The van der Waals surface area contributed by atoms with Gasteiger partial charge in [0.1, 0.15) is 0 Å². The number of amides is 1. The second kappa shape index (κ2) is 7.48. The van der Waals surface area contributed by atoms with E-state index < -0.39 is 10.2 Å². The first kappa shape index (κ1) is 18.7. The van der Waals surface area contributed by atoms with Gasteiger partial charge in [-0.3, -0.25) is 9.52 Å². The van der Waals surface area contributed by atoms with Crippen molar-refractivity contribution in [1.29, 1.82) is 0 Å². The van der Waals surface area contributed by atoms with E-state index in [1.165, 1.54) is 0 Å². The average Bonchev–Trinajstić information content (AvgIpc) is 2.47. The van der Waals surface area contributed by atoms with Gasteiger partial charge < -0.3 is 4.90 Å². The Morgan fingerprint density at radius 3 is 2.46 bits per heavy atom. The van der Waals surface area contributed by atoms with Crippen LogP contribution in [0, 0.1) is 0 Å². The molecule has 1 amide bonds. The molecule has 8 heteroatoms. The fourth-order valence-electron chi connectivity index (χ4n) is 2.53. The molecule has 0 bridgehead atoms. The number of hydrogen-bond donors (Lipinski definition) is 1. The molecule has 0 unspecified atom stereocenters. The van der Waals surface area contributed by atoms with Gasteiger partial charge in [-0.05, 0) is 43.5 Å². The molecule has 0 fully saturated rings. The Morgan fingerprint density at radius 2 is 1.88 bits per heavy atom. The highest BCUT2D eigenvalue weighted by atomic mass is 79.9. The van der Waals surface area contributed by atoms with Crippen molar-refractivity contribution >= 4 is 37.8 Å². The second-order valence-electron chi connectivity index (χ2n) is 5.73. The first-order valence-corrected chi connectivity index (χ1v) is 9.69. The maximum absolute atomic E-state index is 12.3. The summed E-state index contributed by atoms with van der Waals surface area (Å²) in [5.41, 5.74) is 2.79. The number of carbonyl (C=O) groups excluding carboxylic acids is 1. The molecule has 1 heterocycles. The molecule has 0 atom stereocenters. The van der Waals surface area contributed by atoms with Gasteiger partial charge in [-0.2, -0.15) is 8.42 Å². The molecule has 0 radical (unpaired) electrons. The minimum Gasteiger partial charge on any atom is -0.341 e. The van der Waals surface area contributed by atoms with Crippen molar-refractivity contribution in [2.75, 3.05) is 7.05 Å². The largest absolute Gasteiger partial charge is 0.342 e. The summed E-state index contributed by atoms with van der Waals surface area (Å²) in [7, 11) is -1.87. The predicted molar refractivity (Wildman–Crippen MR) is 97.7 cm³/mol. The van der Waals surface area contributed by atoms with Gasteiger partial charge in [0.25, 0.3) is 0 Å². The first-order chi connectivity index (χ1) is 11.2. The van der Waals surface area contributed by atoms with E-state index in [2.05, 4.69) is 25.0 Å². The van der Waals surface area contributed by atoms with Crippen LogP contribution in [0.4, 0.5) is 0 Å². The van der Waals surface area contributed by atoms with Crippen molar-refractivity contribution in [3.63, 3.8) is 0 Å². The quantitative estimate of drug-likeness (QED) is 0.805. The van der Waals surface area contributed by atoms with E-state index in [0.717, 1.165) is 15.6 Å². The van der Waals surface area contributed by atoms with Crippen LogP contribution >= 0.6 is 15.9 Å². The Morgan fingerprint density at radius 1 is 1.25 bits per heavy atom. The molecule has 130 valence electrons. The third kappa shape index (κ3) is 4.91. The number of hydrogen-bond acceptors (Lipinski definition) is 3. The molecule has 1 aromatic rings. The normalized spacial score (nSPS) is 16.4. The molecule has 1 aliphatic rings. The summed E-state index contributed by atoms with van der Waals surface area (Å²) in [5.74, 6) is -0.000510. The monoisotopic (exact) mass is 413 g/mol. The summed E-state index contributed by atoms with van der Waals surface area (Å²) in [6.45, 7) is 3.86. The number of rotatable bonds is 5. The molecule has 1 aromatic carbocycles. The molecule has 0 saturated carbocycles. The molecule has 6 nitrogen and oxygen atoms in total. The van der Waals surface area contributed by atoms with E-state index in [9.17, 15) is 13.2 Å². The van der Waals surface area contributed by atoms with Crippen LogP contribution in [0.2, 0.25) is 0 Å². The van der Waals surface area contributed by atoms with Crippen LogP contribution < -0.4 is 4.72 Å². The van der Waals surface area contributed by atoms with E-state index in [1.54, 1.807) is 25.8 Å². The zero-order valence-corrected chi connectivity index (χ0v) is 16.2. The van der Waals surface area contributed by atoms with Gasteiger partial charge in [0.2, 0.25) is 5.91 Å². The van der Waals surface area contributed by atoms with Crippen molar-refractivity contribution in [2.24, 2.45) is 4.40 Å². The smallest absolute Gasteiger partial charge is 0.341 e. The Hall–Kier alpha value is -1.67. The minimum atomic E-state index is -3.63. The molecule has 24 heavy (non-hydrogen) atoms. The van der Waals surface area contributed by atoms with Crippen molar-refractivity contribution < 1.29 is 13.2 Å². The lowest BCUT2D eigenvalue weighted by molar-refractivity contribution is -0.130. The van der Waals surface area contributed by atoms with Crippen LogP contribution in [0.1, 0.15) is 32.3 Å². The van der Waals surface area contributed by atoms with Crippen molar-refractivity contribution in [1.82, 2.24) is 9.62 Å². The Balaban J connectivity index is 1.95. The molecular formula is C16H20BrN3O3S. The fraction of sp³-hybridized carbons (Fsp3) is 0.375. The number of halogens is 1. The van der Waals surface area contributed by atoms with Crippen molar-refractivity contribution in [3.05, 3.63) is 45.6 Å². The molecule has 2 rings (SSSR count). The van der Waals surface area contributed by atoms with Gasteiger partial charge in [-0.25, -0.2) is 0 Å². The zero-order valence-electron chi connectivity index (χ0n) is 13.8. The molecule has 0 saturated heterocycles. The minimum absolute atomic E-state index is 0.000510. The number of allylic oxidation sites excluding steroid dienone is 2. The van der Waals surface area contributed by atoms with Crippen LogP contribution in [-0.4, -0.2) is 32.0 Å². The van der Waals surface area contributed by atoms with Crippen LogP contribution in [0.5, 0.6) is 0 Å². The van der Waals surface area contributed by atoms with Crippen LogP contribution in [-0.2, 0) is 21.5 Å². The maximum Gasteiger partial charge on any atom is 0.342 e. The van der Waals surface area contributed by atoms with Gasteiger partial charge in [0.05, 0.1) is 5.71 Å². The van der Waals surface area contributed by atoms with Crippen LogP contribution in [0.3, 0.4) is 0 Å². The number of benzene rings is 1. The number of nitrogens with one attached hydrogen (secondary N) is 1. The Labute approximate surface area is 151 Å². The molecule has 0 aliphatic carbocycles. The van der Waals surface area contributed by atoms with Crippen molar-refractivity contribution in [3.8, 4) is 0 Å². The summed E-state index contributed by atoms with van der Waals surface area (Å²) < 4.78 is 30.0. The molecular weight excluding hydrogens is 394 g/mol. The van der Waals surface area contributed by atoms with E-state index in [0.29, 0.717) is 30.8 Å². The van der Waals surface area contributed by atoms with Crippen molar-refractivity contribution in [2.45, 2.75) is 33.2 Å². The lowest BCUT2D eigenvalue weighted by atomic mass is 10.0. The Kier molecular flexibility index (Phi) is 5.82. The zero-order chi connectivity index (χ0) is 17.9. The lowest BCUT2D eigenvalue weighted by Gasteiger charge is -2.20. The first-order valence-electron chi connectivity index (χ1n) is 7.46. The van der Waals surface area contributed by atoms with Gasteiger partial charge in [0.15, 0.2) is 0 Å². The third-order valence-corrected chi connectivity index (χ3v) is 5.38. The van der Waals surface area contributed by atoms with E-state index in [4.69, 9.17) is 0 Å². The average molecular weight is 414 g/mol. The van der Waals surface area contributed by atoms with Gasteiger partial charge >= 0.3 is 10.2 Å². The van der Waals surface area contributed by atoms with E-state index in [1.807, 2.05) is 24.3 Å². The third-order valence-electron chi connectivity index (χ3n) is 3.78. The highest BCUT2D eigenvalue weighted by molar-refractivity contribution is 9.10. The molecule has 1 N–H and O–H groups in total. The second-order valence-corrected chi connectivity index (χ2v) is 7.99. The molecule has 1 aliphatic heterocycles. The summed E-state index contributed by atoms with van der Waals surface area (Å²) in [6.07, 6.45) is 0.751. The van der Waals surface area contributed by atoms with E-state index >= 15 is 0 Å². The highest BCUT2D eigenvalue weighted by Gasteiger charge is 2.21. The van der Waals surface area contributed by atoms with Crippen LogP contribution in [0.15, 0.2) is 44.4 Å². The summed E-state index contributed by atoms with van der Waals surface area (Å²) in [5, 5.41) is 0. The van der Waals surface area contributed by atoms with Gasteiger partial charge in [0, 0.05) is 30.2 Å². The summed E-state index contributed by atoms with van der Waals surface area (Å²) in [4.78, 5) is 14.0. The topological polar surface area (TPSA) is 78.8 Å². The SMILES string of the molecule is CC1=NS(=O)(=O)NC(C)=C1CCC(=O)N(C)Cc1ccc(Br)cc1. The summed E-state index contributed by atoms with van der Waals surface area (Å²) in [6, 6.07) is 7.81. The summed E-state index contributed by atoms with van der Waals surface area (Å²) >= 11 is 3.38. The fourth-order valence-corrected chi connectivity index (χ4v) is 3.82. The maximum atomic E-state index is 12.3. The lowest BCUT2D eigenvalue weighted by Crippen LogP contribution is -2.29. The van der Waals surface area contributed by atoms with Crippen LogP contribution in [0.25, 0.3) is 0 Å².